The zero-order valence-electron chi connectivity index (χ0n) is 19.4. The zero-order chi connectivity index (χ0) is 23.6. The Morgan fingerprint density at radius 2 is 2.06 bits per heavy atom. The molecular weight excluding hydrogens is 434 g/mol. The van der Waals surface area contributed by atoms with Crippen LogP contribution < -0.4 is 20.1 Å². The van der Waals surface area contributed by atoms with Gasteiger partial charge in [0.25, 0.3) is 5.91 Å². The Morgan fingerprint density at radius 1 is 1.24 bits per heavy atom. The van der Waals surface area contributed by atoms with E-state index in [-0.39, 0.29) is 23.8 Å². The van der Waals surface area contributed by atoms with Gasteiger partial charge < -0.3 is 24.7 Å². The van der Waals surface area contributed by atoms with E-state index in [2.05, 4.69) is 20.2 Å². The molecule has 1 saturated heterocycles. The monoisotopic (exact) mass is 461 g/mol. The number of carbonyl (C=O) groups is 2. The summed E-state index contributed by atoms with van der Waals surface area (Å²) < 4.78 is 14.4. The van der Waals surface area contributed by atoms with Gasteiger partial charge in [0, 0.05) is 30.5 Å². The van der Waals surface area contributed by atoms with Crippen LogP contribution in [0.3, 0.4) is 0 Å². The Morgan fingerprint density at radius 3 is 2.79 bits per heavy atom. The van der Waals surface area contributed by atoms with Gasteiger partial charge in [-0.1, -0.05) is 0 Å². The van der Waals surface area contributed by atoms with Crippen molar-refractivity contribution in [3.63, 3.8) is 0 Å². The fourth-order valence-electron chi connectivity index (χ4n) is 4.59. The first-order valence-electron chi connectivity index (χ1n) is 11.7. The highest BCUT2D eigenvalue weighted by Gasteiger charge is 2.36. The highest BCUT2D eigenvalue weighted by Crippen LogP contribution is 2.41. The molecule has 2 fully saturated rings. The second-order valence-corrected chi connectivity index (χ2v) is 9.93. The van der Waals surface area contributed by atoms with Crippen LogP contribution in [0.1, 0.15) is 46.1 Å². The predicted molar refractivity (Wildman–Crippen MR) is 126 cm³/mol. The average molecular weight is 462 g/mol. The lowest BCUT2D eigenvalue weighted by Gasteiger charge is -2.31. The third-order valence-electron chi connectivity index (χ3n) is 6.87. The average Bonchev–Trinajstić information content (AvgIpc) is 3.39. The molecule has 1 aliphatic carbocycles. The predicted octanol–water partition coefficient (Wildman–Crippen LogP) is 3.45. The molecule has 0 spiro atoms. The summed E-state index contributed by atoms with van der Waals surface area (Å²) in [6.45, 7) is 6.06. The molecule has 4 heterocycles. The number of pyridine rings is 1. The number of rotatable bonds is 5. The molecule has 9 nitrogen and oxygen atoms in total. The van der Waals surface area contributed by atoms with Crippen molar-refractivity contribution in [1.82, 2.24) is 19.9 Å². The molecule has 176 valence electrons. The summed E-state index contributed by atoms with van der Waals surface area (Å²) >= 11 is 0. The number of carbonyl (C=O) groups excluding carboxylic acids is 2. The lowest BCUT2D eigenvalue weighted by atomic mass is 10.0. The van der Waals surface area contributed by atoms with Crippen molar-refractivity contribution in [3.05, 3.63) is 30.6 Å². The molecule has 2 amide bonds. The number of nitrogens with zero attached hydrogens (tertiary/aromatic N) is 3. The maximum atomic E-state index is 12.4. The first-order chi connectivity index (χ1) is 16.3. The quantitative estimate of drug-likeness (QED) is 0.603. The number of hydrogen-bond donors (Lipinski definition) is 2. The normalized spacial score (nSPS) is 22.0. The zero-order valence-corrected chi connectivity index (χ0v) is 19.4. The van der Waals surface area contributed by atoms with Gasteiger partial charge in [-0.2, -0.15) is 0 Å². The number of fused-ring (bicyclic) bond motifs is 2. The number of imidazole rings is 1. The minimum absolute atomic E-state index is 0.0526. The molecule has 2 aliphatic heterocycles. The number of hydrogen-bond acceptors (Lipinski definition) is 6. The second-order valence-electron chi connectivity index (χ2n) is 9.93. The third kappa shape index (κ3) is 3.55. The molecule has 1 saturated carbocycles. The number of amides is 2. The maximum Gasteiger partial charge on any atom is 0.268 e. The van der Waals surface area contributed by atoms with Crippen LogP contribution in [0.15, 0.2) is 30.6 Å². The smallest absolute Gasteiger partial charge is 0.268 e. The molecule has 3 aromatic rings. The summed E-state index contributed by atoms with van der Waals surface area (Å²) in [7, 11) is 0. The van der Waals surface area contributed by atoms with Crippen molar-refractivity contribution in [3.8, 4) is 22.9 Å². The van der Waals surface area contributed by atoms with E-state index in [4.69, 9.17) is 14.5 Å². The minimum atomic E-state index is -0.922. The van der Waals surface area contributed by atoms with E-state index < -0.39 is 5.60 Å². The number of anilines is 1. The summed E-state index contributed by atoms with van der Waals surface area (Å²) in [5.74, 6) is 1.08. The number of ether oxygens (including phenoxy) is 2. The molecule has 2 atom stereocenters. The Balaban J connectivity index is 1.40. The topological polar surface area (TPSA) is 107 Å². The van der Waals surface area contributed by atoms with Crippen molar-refractivity contribution in [2.45, 2.75) is 57.8 Å². The van der Waals surface area contributed by atoms with Gasteiger partial charge in [-0.3, -0.25) is 9.59 Å². The maximum absolute atomic E-state index is 12.4. The lowest BCUT2D eigenvalue weighted by molar-refractivity contribution is -0.129. The van der Waals surface area contributed by atoms with Gasteiger partial charge in [0.05, 0.1) is 23.2 Å². The number of nitrogens with one attached hydrogen (secondary N) is 2. The van der Waals surface area contributed by atoms with E-state index in [0.717, 1.165) is 29.4 Å². The van der Waals surface area contributed by atoms with E-state index in [1.54, 1.807) is 13.8 Å². The number of benzene rings is 1. The summed E-state index contributed by atoms with van der Waals surface area (Å²) in [6.07, 6.45) is 4.35. The second kappa shape index (κ2) is 7.44. The van der Waals surface area contributed by atoms with Crippen LogP contribution in [-0.2, 0) is 9.59 Å². The van der Waals surface area contributed by atoms with E-state index in [1.165, 1.54) is 0 Å². The van der Waals surface area contributed by atoms with Crippen LogP contribution in [0.2, 0.25) is 0 Å². The van der Waals surface area contributed by atoms with E-state index >= 15 is 0 Å². The molecule has 0 unspecified atom stereocenters. The highest BCUT2D eigenvalue weighted by atomic mass is 16.5. The van der Waals surface area contributed by atoms with E-state index in [0.29, 0.717) is 42.0 Å². The molecule has 3 aliphatic rings. The Bertz CT molecular complexity index is 1330. The van der Waals surface area contributed by atoms with Crippen LogP contribution in [0.4, 0.5) is 5.69 Å². The molecule has 1 aromatic carbocycles. The van der Waals surface area contributed by atoms with Crippen LogP contribution in [0.5, 0.6) is 11.6 Å². The summed E-state index contributed by atoms with van der Waals surface area (Å²) in [5, 5.41) is 5.81. The number of aromatic nitrogens is 3. The molecule has 34 heavy (non-hydrogen) atoms. The van der Waals surface area contributed by atoms with Crippen molar-refractivity contribution in [1.29, 1.82) is 0 Å². The first kappa shape index (κ1) is 20.9. The summed E-state index contributed by atoms with van der Waals surface area (Å²) in [4.78, 5) is 33.6. The van der Waals surface area contributed by atoms with Crippen molar-refractivity contribution in [2.24, 2.45) is 5.92 Å². The van der Waals surface area contributed by atoms with Crippen LogP contribution in [0.25, 0.3) is 22.3 Å². The molecule has 0 bridgehead atoms. The van der Waals surface area contributed by atoms with Gasteiger partial charge in [0.1, 0.15) is 17.4 Å². The van der Waals surface area contributed by atoms with Gasteiger partial charge in [-0.05, 0) is 57.9 Å². The fourth-order valence-corrected chi connectivity index (χ4v) is 4.59. The molecular formula is C25H27N5O4. The fraction of sp³-hybridized carbons (Fsp3) is 0.440. The van der Waals surface area contributed by atoms with Crippen molar-refractivity contribution < 1.29 is 19.1 Å². The largest absolute Gasteiger partial charge is 0.476 e. The van der Waals surface area contributed by atoms with Gasteiger partial charge >= 0.3 is 0 Å². The Hall–Kier alpha value is -3.62. The van der Waals surface area contributed by atoms with Gasteiger partial charge in [0.2, 0.25) is 11.8 Å². The summed E-state index contributed by atoms with van der Waals surface area (Å²) in [5.41, 5.74) is 2.89. The Kier molecular flexibility index (Phi) is 4.59. The molecule has 6 rings (SSSR count). The molecule has 2 N–H and O–H groups in total. The third-order valence-corrected chi connectivity index (χ3v) is 6.87. The molecule has 0 radical (unpaired) electrons. The van der Waals surface area contributed by atoms with Crippen LogP contribution >= 0.6 is 0 Å². The van der Waals surface area contributed by atoms with Crippen molar-refractivity contribution in [2.75, 3.05) is 11.9 Å². The van der Waals surface area contributed by atoms with Gasteiger partial charge in [-0.15, -0.1) is 0 Å². The summed E-state index contributed by atoms with van der Waals surface area (Å²) in [6, 6.07) is 8.00. The molecule has 9 heteroatoms. The standard InChI is InChI=1S/C25H27N5O4/c1-13(15-9-21(31)26-11-15)33-23-22-19(27-12-30(22)16-5-6-16)10-17(28-23)14-4-7-20-18(8-14)29-24(32)25(2,3)34-20/h4,7-8,10,12-13,15-16H,5-6,9,11H2,1-3H3,(H,26,31)(H,29,32)/t13-,15-/m1/s1. The van der Waals surface area contributed by atoms with E-state index in [9.17, 15) is 9.59 Å². The van der Waals surface area contributed by atoms with Gasteiger partial charge in [-0.25, -0.2) is 9.97 Å². The van der Waals surface area contributed by atoms with Crippen LogP contribution in [-0.4, -0.2) is 44.6 Å². The van der Waals surface area contributed by atoms with E-state index in [1.807, 2.05) is 37.5 Å². The first-order valence-corrected chi connectivity index (χ1v) is 11.7. The Labute approximate surface area is 196 Å². The lowest BCUT2D eigenvalue weighted by Crippen LogP contribution is -2.45. The van der Waals surface area contributed by atoms with Gasteiger partial charge in [0.15, 0.2) is 5.60 Å². The highest BCUT2D eigenvalue weighted by molar-refractivity contribution is 6.01. The SMILES string of the molecule is C[C@@H](Oc1nc(-c2ccc3c(c2)NC(=O)C(C)(C)O3)cc2ncn(C3CC3)c12)[C@H]1CNC(=O)C1. The van der Waals surface area contributed by atoms with Crippen molar-refractivity contribution >= 4 is 28.5 Å². The minimum Gasteiger partial charge on any atom is -0.476 e. The van der Waals surface area contributed by atoms with Crippen LogP contribution in [0, 0.1) is 5.92 Å². The molecule has 2 aromatic heterocycles.